The van der Waals surface area contributed by atoms with Crippen LogP contribution >= 0.6 is 0 Å². The second kappa shape index (κ2) is 10.8. The van der Waals surface area contributed by atoms with E-state index in [0.717, 1.165) is 84.1 Å². The van der Waals surface area contributed by atoms with Crippen molar-refractivity contribution in [2.45, 2.75) is 38.6 Å². The number of anilines is 1. The lowest BCUT2D eigenvalue weighted by atomic mass is 9.84. The van der Waals surface area contributed by atoms with Crippen LogP contribution in [0, 0.1) is 5.92 Å². The van der Waals surface area contributed by atoms with E-state index in [2.05, 4.69) is 62.6 Å². The van der Waals surface area contributed by atoms with Crippen molar-refractivity contribution in [3.63, 3.8) is 0 Å². The Labute approximate surface area is 186 Å². The number of rotatable bonds is 7. The quantitative estimate of drug-likeness (QED) is 0.514. The smallest absolute Gasteiger partial charge is 0.225 e. The van der Waals surface area contributed by atoms with E-state index in [4.69, 9.17) is 4.99 Å². The van der Waals surface area contributed by atoms with Crippen LogP contribution in [0.2, 0.25) is 0 Å². The van der Waals surface area contributed by atoms with Crippen LogP contribution < -0.4 is 15.5 Å². The normalized spacial score (nSPS) is 23.0. The Hall–Kier alpha value is -2.28. The molecular weight excluding hydrogens is 388 g/mol. The van der Waals surface area contributed by atoms with Crippen molar-refractivity contribution in [2.24, 2.45) is 10.9 Å². The molecule has 0 aromatic heterocycles. The zero-order chi connectivity index (χ0) is 21.5. The molecule has 1 aliphatic carbocycles. The minimum absolute atomic E-state index is 0.318. The van der Waals surface area contributed by atoms with Gasteiger partial charge in [0.1, 0.15) is 0 Å². The molecule has 2 heterocycles. The SMILES string of the molecule is CCNC(=NCCN1CCN(C(=O)C2CCC2)CC1)NC1CCN(c2ccccc2)C1. The van der Waals surface area contributed by atoms with Gasteiger partial charge in [-0.1, -0.05) is 24.6 Å². The van der Waals surface area contributed by atoms with Crippen molar-refractivity contribution < 1.29 is 4.79 Å². The number of hydrogen-bond acceptors (Lipinski definition) is 4. The number of para-hydroxylation sites is 1. The summed E-state index contributed by atoms with van der Waals surface area (Å²) in [6, 6.07) is 11.0. The molecule has 1 unspecified atom stereocenters. The van der Waals surface area contributed by atoms with Gasteiger partial charge < -0.3 is 20.4 Å². The van der Waals surface area contributed by atoms with Crippen LogP contribution in [-0.2, 0) is 4.79 Å². The van der Waals surface area contributed by atoms with Crippen molar-refractivity contribution in [1.29, 1.82) is 0 Å². The van der Waals surface area contributed by atoms with Gasteiger partial charge in [-0.15, -0.1) is 0 Å². The van der Waals surface area contributed by atoms with Crippen molar-refractivity contribution in [3.8, 4) is 0 Å². The average molecular weight is 427 g/mol. The van der Waals surface area contributed by atoms with Crippen LogP contribution in [0.1, 0.15) is 32.6 Å². The summed E-state index contributed by atoms with van der Waals surface area (Å²) in [5.41, 5.74) is 1.30. The molecule has 0 bridgehead atoms. The molecule has 0 radical (unpaired) electrons. The number of carbonyl (C=O) groups excluding carboxylic acids is 1. The third-order valence-corrected chi connectivity index (χ3v) is 6.82. The molecule has 2 saturated heterocycles. The second-order valence-electron chi connectivity index (χ2n) is 8.97. The maximum absolute atomic E-state index is 12.4. The number of aliphatic imine (C=N–C) groups is 1. The molecule has 1 aromatic rings. The lowest BCUT2D eigenvalue weighted by Gasteiger charge is -2.38. The van der Waals surface area contributed by atoms with E-state index < -0.39 is 0 Å². The summed E-state index contributed by atoms with van der Waals surface area (Å²) < 4.78 is 0. The van der Waals surface area contributed by atoms with Crippen LogP contribution in [-0.4, -0.2) is 86.6 Å². The van der Waals surface area contributed by atoms with E-state index in [0.29, 0.717) is 17.9 Å². The number of carbonyl (C=O) groups is 1. The van der Waals surface area contributed by atoms with Crippen LogP contribution in [0.25, 0.3) is 0 Å². The first-order chi connectivity index (χ1) is 15.2. The summed E-state index contributed by atoms with van der Waals surface area (Å²) in [6.07, 6.45) is 4.54. The molecular formula is C24H38N6O. The summed E-state index contributed by atoms with van der Waals surface area (Å²) >= 11 is 0. The number of nitrogens with zero attached hydrogens (tertiary/aromatic N) is 4. The monoisotopic (exact) mass is 426 g/mol. The first-order valence-electron chi connectivity index (χ1n) is 12.1. The molecule has 7 nitrogen and oxygen atoms in total. The van der Waals surface area contributed by atoms with Gasteiger partial charge in [0.2, 0.25) is 5.91 Å². The second-order valence-corrected chi connectivity index (χ2v) is 8.97. The van der Waals surface area contributed by atoms with Crippen LogP contribution in [0.4, 0.5) is 5.69 Å². The minimum atomic E-state index is 0.318. The van der Waals surface area contributed by atoms with Gasteiger partial charge in [0.05, 0.1) is 6.54 Å². The zero-order valence-electron chi connectivity index (χ0n) is 18.9. The van der Waals surface area contributed by atoms with Gasteiger partial charge in [-0.25, -0.2) is 0 Å². The molecule has 1 aromatic carbocycles. The molecule has 7 heteroatoms. The number of nitrogens with one attached hydrogen (secondary N) is 2. The van der Waals surface area contributed by atoms with Crippen molar-refractivity contribution in [1.82, 2.24) is 20.4 Å². The molecule has 2 aliphatic heterocycles. The summed E-state index contributed by atoms with van der Waals surface area (Å²) in [6.45, 7) is 10.5. The molecule has 0 spiro atoms. The summed E-state index contributed by atoms with van der Waals surface area (Å²) in [7, 11) is 0. The first-order valence-corrected chi connectivity index (χ1v) is 12.1. The van der Waals surface area contributed by atoms with Crippen molar-refractivity contribution >= 4 is 17.6 Å². The Morgan fingerprint density at radius 3 is 2.52 bits per heavy atom. The third-order valence-electron chi connectivity index (χ3n) is 6.82. The standard InChI is InChI=1S/C24H38N6O/c1-2-25-24(27-21-11-13-30(19-21)22-9-4-3-5-10-22)26-12-14-28-15-17-29(18-16-28)23(31)20-7-6-8-20/h3-5,9-10,20-21H,2,6-8,11-19H2,1H3,(H2,25,26,27). The van der Waals surface area contributed by atoms with E-state index in [1.54, 1.807) is 0 Å². The predicted octanol–water partition coefficient (Wildman–Crippen LogP) is 1.76. The molecule has 31 heavy (non-hydrogen) atoms. The molecule has 1 atom stereocenters. The van der Waals surface area contributed by atoms with Gasteiger partial charge in [-0.2, -0.15) is 0 Å². The summed E-state index contributed by atoms with van der Waals surface area (Å²) in [4.78, 5) is 24.2. The minimum Gasteiger partial charge on any atom is -0.369 e. The van der Waals surface area contributed by atoms with Gasteiger partial charge in [0, 0.05) is 70.0 Å². The molecule has 3 fully saturated rings. The van der Waals surface area contributed by atoms with Gasteiger partial charge in [-0.3, -0.25) is 14.7 Å². The Morgan fingerprint density at radius 2 is 1.84 bits per heavy atom. The Bertz CT molecular complexity index is 727. The number of guanidine groups is 1. The number of piperazine rings is 1. The molecule has 2 N–H and O–H groups in total. The Balaban J connectivity index is 1.19. The summed E-state index contributed by atoms with van der Waals surface area (Å²) in [5, 5.41) is 7.03. The molecule has 4 rings (SSSR count). The number of hydrogen-bond donors (Lipinski definition) is 2. The largest absolute Gasteiger partial charge is 0.369 e. The van der Waals surface area contributed by atoms with Crippen LogP contribution in [0.5, 0.6) is 0 Å². The fourth-order valence-corrected chi connectivity index (χ4v) is 4.67. The highest BCUT2D eigenvalue weighted by Crippen LogP contribution is 2.28. The lowest BCUT2D eigenvalue weighted by Crippen LogP contribution is -2.51. The zero-order valence-corrected chi connectivity index (χ0v) is 18.9. The maximum atomic E-state index is 12.4. The van der Waals surface area contributed by atoms with Crippen molar-refractivity contribution in [3.05, 3.63) is 30.3 Å². The maximum Gasteiger partial charge on any atom is 0.225 e. The van der Waals surface area contributed by atoms with Gasteiger partial charge >= 0.3 is 0 Å². The van der Waals surface area contributed by atoms with Gasteiger partial charge in [0.15, 0.2) is 5.96 Å². The van der Waals surface area contributed by atoms with Crippen LogP contribution in [0.15, 0.2) is 35.3 Å². The number of amides is 1. The average Bonchev–Trinajstić information content (AvgIpc) is 3.22. The molecule has 1 saturated carbocycles. The molecule has 1 amide bonds. The van der Waals surface area contributed by atoms with Crippen molar-refractivity contribution in [2.75, 3.05) is 63.8 Å². The van der Waals surface area contributed by atoms with Gasteiger partial charge in [0.25, 0.3) is 0 Å². The van der Waals surface area contributed by atoms with E-state index in [1.165, 1.54) is 12.1 Å². The highest BCUT2D eigenvalue weighted by molar-refractivity contribution is 5.80. The van der Waals surface area contributed by atoms with E-state index in [1.807, 2.05) is 0 Å². The summed E-state index contributed by atoms with van der Waals surface area (Å²) in [5.74, 6) is 1.63. The third kappa shape index (κ3) is 5.91. The topological polar surface area (TPSA) is 63.2 Å². The van der Waals surface area contributed by atoms with E-state index >= 15 is 0 Å². The first kappa shape index (κ1) is 21.9. The lowest BCUT2D eigenvalue weighted by molar-refractivity contribution is -0.139. The van der Waals surface area contributed by atoms with Crippen LogP contribution in [0.3, 0.4) is 0 Å². The highest BCUT2D eigenvalue weighted by Gasteiger charge is 2.31. The molecule has 170 valence electrons. The van der Waals surface area contributed by atoms with Gasteiger partial charge in [-0.05, 0) is 38.3 Å². The number of benzene rings is 1. The molecule has 3 aliphatic rings. The van der Waals surface area contributed by atoms with E-state index in [9.17, 15) is 4.79 Å². The Kier molecular flexibility index (Phi) is 7.67. The van der Waals surface area contributed by atoms with E-state index in [-0.39, 0.29) is 0 Å². The fourth-order valence-electron chi connectivity index (χ4n) is 4.67. The highest BCUT2D eigenvalue weighted by atomic mass is 16.2. The predicted molar refractivity (Wildman–Crippen MR) is 127 cm³/mol. The fraction of sp³-hybridized carbons (Fsp3) is 0.667. The Morgan fingerprint density at radius 1 is 1.06 bits per heavy atom.